The van der Waals surface area contributed by atoms with Gasteiger partial charge in [-0.2, -0.15) is 0 Å². The smallest absolute Gasteiger partial charge is 0.191 e. The molecule has 7 nitrogen and oxygen atoms in total. The van der Waals surface area contributed by atoms with Crippen molar-refractivity contribution in [3.05, 3.63) is 60.2 Å². The predicted octanol–water partition coefficient (Wildman–Crippen LogP) is 3.69. The van der Waals surface area contributed by atoms with E-state index >= 15 is 0 Å². The van der Waals surface area contributed by atoms with Crippen LogP contribution < -0.4 is 25.4 Å². The van der Waals surface area contributed by atoms with Gasteiger partial charge in [0.2, 0.25) is 0 Å². The number of halogens is 1. The number of aromatic nitrogens is 1. The maximum absolute atomic E-state index is 5.36. The molecular formula is C23H30IN5O2. The quantitative estimate of drug-likeness (QED) is 0.168. The number of nitrogens with one attached hydrogen (secondary N) is 3. The second-order valence-corrected chi connectivity index (χ2v) is 6.68. The molecule has 0 saturated carbocycles. The minimum absolute atomic E-state index is 0. The van der Waals surface area contributed by atoms with Gasteiger partial charge in [-0.3, -0.25) is 4.99 Å². The number of para-hydroxylation sites is 1. The molecule has 0 radical (unpaired) electrons. The Morgan fingerprint density at radius 1 is 0.903 bits per heavy atom. The summed E-state index contributed by atoms with van der Waals surface area (Å²) in [7, 11) is 5.05. The van der Waals surface area contributed by atoms with Crippen LogP contribution in [0.2, 0.25) is 0 Å². The molecule has 3 aromatic rings. The highest BCUT2D eigenvalue weighted by Gasteiger charge is 2.05. The molecule has 0 atom stereocenters. The van der Waals surface area contributed by atoms with E-state index in [-0.39, 0.29) is 24.0 Å². The molecule has 1 aromatic heterocycles. The Bertz CT molecular complexity index is 997. The van der Waals surface area contributed by atoms with Gasteiger partial charge in [0.1, 0.15) is 5.82 Å². The lowest BCUT2D eigenvalue weighted by Crippen LogP contribution is -2.40. The lowest BCUT2D eigenvalue weighted by molar-refractivity contribution is 0.354. The number of hydrogen-bond donors (Lipinski definition) is 3. The van der Waals surface area contributed by atoms with Crippen molar-refractivity contribution in [2.24, 2.45) is 4.99 Å². The molecule has 8 heteroatoms. The maximum atomic E-state index is 5.36. The van der Waals surface area contributed by atoms with E-state index in [9.17, 15) is 0 Å². The van der Waals surface area contributed by atoms with E-state index in [4.69, 9.17) is 9.47 Å². The first-order chi connectivity index (χ1) is 14.7. The van der Waals surface area contributed by atoms with Crippen LogP contribution in [0.1, 0.15) is 5.56 Å². The highest BCUT2D eigenvalue weighted by Crippen LogP contribution is 2.27. The Kier molecular flexibility index (Phi) is 10.2. The van der Waals surface area contributed by atoms with Crippen molar-refractivity contribution in [3.8, 4) is 11.5 Å². The van der Waals surface area contributed by atoms with Crippen LogP contribution >= 0.6 is 24.0 Å². The SMILES string of the molecule is CN=C(NCCNc1ccc2ccccc2n1)NCCc1ccc(OC)c(OC)c1.I. The number of ether oxygens (including phenoxy) is 2. The van der Waals surface area contributed by atoms with E-state index in [0.717, 1.165) is 60.2 Å². The summed E-state index contributed by atoms with van der Waals surface area (Å²) in [5.41, 5.74) is 2.16. The van der Waals surface area contributed by atoms with Gasteiger partial charge in [0, 0.05) is 32.1 Å². The van der Waals surface area contributed by atoms with Gasteiger partial charge in [-0.05, 0) is 42.3 Å². The third-order valence-electron chi connectivity index (χ3n) is 4.70. The average molecular weight is 535 g/mol. The van der Waals surface area contributed by atoms with Gasteiger partial charge in [0.05, 0.1) is 19.7 Å². The van der Waals surface area contributed by atoms with Crippen LogP contribution in [0.15, 0.2) is 59.6 Å². The van der Waals surface area contributed by atoms with Crippen LogP contribution in [-0.4, -0.2) is 51.8 Å². The van der Waals surface area contributed by atoms with E-state index in [2.05, 4.69) is 38.1 Å². The number of rotatable bonds is 9. The molecule has 0 unspecified atom stereocenters. The van der Waals surface area contributed by atoms with Gasteiger partial charge in [-0.1, -0.05) is 24.3 Å². The second-order valence-electron chi connectivity index (χ2n) is 6.68. The molecule has 2 aromatic carbocycles. The molecule has 0 fully saturated rings. The molecule has 3 N–H and O–H groups in total. The molecule has 0 aliphatic carbocycles. The maximum Gasteiger partial charge on any atom is 0.191 e. The molecule has 0 aliphatic heterocycles. The van der Waals surface area contributed by atoms with E-state index in [1.807, 2.05) is 42.5 Å². The summed E-state index contributed by atoms with van der Waals surface area (Å²) < 4.78 is 10.6. The number of fused-ring (bicyclic) bond motifs is 1. The van der Waals surface area contributed by atoms with Crippen molar-refractivity contribution in [1.82, 2.24) is 15.6 Å². The van der Waals surface area contributed by atoms with Crippen molar-refractivity contribution < 1.29 is 9.47 Å². The molecule has 0 spiro atoms. The van der Waals surface area contributed by atoms with Crippen LogP contribution in [0.3, 0.4) is 0 Å². The van der Waals surface area contributed by atoms with Gasteiger partial charge < -0.3 is 25.4 Å². The normalized spacial score (nSPS) is 10.9. The van der Waals surface area contributed by atoms with Gasteiger partial charge in [-0.15, -0.1) is 24.0 Å². The topological polar surface area (TPSA) is 79.8 Å². The van der Waals surface area contributed by atoms with E-state index in [0.29, 0.717) is 0 Å². The van der Waals surface area contributed by atoms with Crippen molar-refractivity contribution in [2.75, 3.05) is 46.2 Å². The zero-order chi connectivity index (χ0) is 21.2. The van der Waals surface area contributed by atoms with E-state index < -0.39 is 0 Å². The summed E-state index contributed by atoms with van der Waals surface area (Å²) in [5.74, 6) is 3.11. The number of nitrogens with zero attached hydrogens (tertiary/aromatic N) is 2. The summed E-state index contributed by atoms with van der Waals surface area (Å²) in [6, 6.07) is 18.1. The first-order valence-corrected chi connectivity index (χ1v) is 9.98. The third kappa shape index (κ3) is 7.16. The largest absolute Gasteiger partial charge is 0.493 e. The van der Waals surface area contributed by atoms with E-state index in [1.165, 1.54) is 5.56 Å². The van der Waals surface area contributed by atoms with Crippen molar-refractivity contribution >= 4 is 46.7 Å². The first kappa shape index (κ1) is 24.5. The number of benzene rings is 2. The second kappa shape index (κ2) is 12.8. The lowest BCUT2D eigenvalue weighted by atomic mass is 10.1. The van der Waals surface area contributed by atoms with Crippen LogP contribution in [0.4, 0.5) is 5.82 Å². The molecule has 31 heavy (non-hydrogen) atoms. The molecular weight excluding hydrogens is 505 g/mol. The Morgan fingerprint density at radius 2 is 1.68 bits per heavy atom. The molecule has 0 saturated heterocycles. The summed E-state index contributed by atoms with van der Waals surface area (Å²) in [5, 5.41) is 11.1. The van der Waals surface area contributed by atoms with Crippen molar-refractivity contribution in [1.29, 1.82) is 0 Å². The van der Waals surface area contributed by atoms with Crippen LogP contribution in [0, 0.1) is 0 Å². The van der Waals surface area contributed by atoms with Crippen LogP contribution in [0.5, 0.6) is 11.5 Å². The molecule has 3 rings (SSSR count). The fourth-order valence-corrected chi connectivity index (χ4v) is 3.12. The number of anilines is 1. The van der Waals surface area contributed by atoms with Crippen molar-refractivity contribution in [3.63, 3.8) is 0 Å². The number of guanidine groups is 1. The standard InChI is InChI=1S/C23H29N5O2.HI/c1-24-23(26-13-12-17-8-10-20(29-2)21(16-17)30-3)27-15-14-25-22-11-9-18-6-4-5-7-19(18)28-22;/h4-11,16H,12-15H2,1-3H3,(H,25,28)(H2,24,26,27);1H. The Morgan fingerprint density at radius 3 is 2.45 bits per heavy atom. The Hall–Kier alpha value is -2.75. The number of methoxy groups -OCH3 is 2. The van der Waals surface area contributed by atoms with Gasteiger partial charge >= 0.3 is 0 Å². The number of aliphatic imine (C=N–C) groups is 1. The summed E-state index contributed by atoms with van der Waals surface area (Å²) in [6.45, 7) is 2.22. The van der Waals surface area contributed by atoms with Gasteiger partial charge in [-0.25, -0.2) is 4.98 Å². The van der Waals surface area contributed by atoms with Crippen molar-refractivity contribution in [2.45, 2.75) is 6.42 Å². The zero-order valence-electron chi connectivity index (χ0n) is 18.1. The number of pyridine rings is 1. The van der Waals surface area contributed by atoms with Crippen LogP contribution in [-0.2, 0) is 6.42 Å². The van der Waals surface area contributed by atoms with Crippen LogP contribution in [0.25, 0.3) is 10.9 Å². The minimum Gasteiger partial charge on any atom is -0.493 e. The molecule has 0 bridgehead atoms. The summed E-state index contributed by atoms with van der Waals surface area (Å²) in [4.78, 5) is 8.89. The predicted molar refractivity (Wildman–Crippen MR) is 138 cm³/mol. The Labute approximate surface area is 200 Å². The van der Waals surface area contributed by atoms with E-state index in [1.54, 1.807) is 21.3 Å². The minimum atomic E-state index is 0. The van der Waals surface area contributed by atoms with Gasteiger partial charge in [0.25, 0.3) is 0 Å². The monoisotopic (exact) mass is 535 g/mol. The summed E-state index contributed by atoms with van der Waals surface area (Å²) >= 11 is 0. The molecule has 166 valence electrons. The first-order valence-electron chi connectivity index (χ1n) is 9.98. The highest BCUT2D eigenvalue weighted by atomic mass is 127. The average Bonchev–Trinajstić information content (AvgIpc) is 2.80. The van der Waals surface area contributed by atoms with Gasteiger partial charge in [0.15, 0.2) is 17.5 Å². The number of hydrogen-bond acceptors (Lipinski definition) is 5. The molecule has 0 aliphatic rings. The fraction of sp³-hybridized carbons (Fsp3) is 0.304. The lowest BCUT2D eigenvalue weighted by Gasteiger charge is -2.13. The third-order valence-corrected chi connectivity index (χ3v) is 4.70. The Balaban J connectivity index is 0.00000341. The summed E-state index contributed by atoms with van der Waals surface area (Å²) in [6.07, 6.45) is 0.848. The zero-order valence-corrected chi connectivity index (χ0v) is 20.5. The molecule has 1 heterocycles. The molecule has 0 amide bonds. The fourth-order valence-electron chi connectivity index (χ4n) is 3.12. The highest BCUT2D eigenvalue weighted by molar-refractivity contribution is 14.0.